The average Bonchev–Trinajstić information content (AvgIpc) is 2.90. The maximum atomic E-state index is 11.9. The highest BCUT2D eigenvalue weighted by molar-refractivity contribution is 6.74. The number of nitrogens with zero attached hydrogens (tertiary/aromatic N) is 1. The Balaban J connectivity index is 2.16. The van der Waals surface area contributed by atoms with Crippen LogP contribution in [-0.4, -0.2) is 43.0 Å². The minimum absolute atomic E-state index is 0.0149. The van der Waals surface area contributed by atoms with Gasteiger partial charge in [-0.25, -0.2) is 0 Å². The van der Waals surface area contributed by atoms with E-state index >= 15 is 0 Å². The van der Waals surface area contributed by atoms with Crippen LogP contribution in [0, 0.1) is 5.92 Å². The highest BCUT2D eigenvalue weighted by Crippen LogP contribution is 2.39. The molecule has 0 aliphatic carbocycles. The third-order valence-electron chi connectivity index (χ3n) is 5.99. The molecule has 2 rings (SSSR count). The second-order valence-electron chi connectivity index (χ2n) is 8.81. The van der Waals surface area contributed by atoms with Gasteiger partial charge in [0, 0.05) is 25.1 Å². The van der Waals surface area contributed by atoms with Gasteiger partial charge in [-0.3, -0.25) is 9.69 Å². The van der Waals surface area contributed by atoms with Gasteiger partial charge in [0.05, 0.1) is 0 Å². The first-order chi connectivity index (χ1) is 12.1. The highest BCUT2D eigenvalue weighted by Gasteiger charge is 2.45. The van der Waals surface area contributed by atoms with Gasteiger partial charge in [0.15, 0.2) is 8.32 Å². The Hall–Kier alpha value is -1.43. The molecule has 0 radical (unpaired) electrons. The number of benzene rings is 1. The van der Waals surface area contributed by atoms with Crippen LogP contribution >= 0.6 is 0 Å². The minimum atomic E-state index is -1.86. The lowest BCUT2D eigenvalue weighted by Gasteiger charge is -2.37. The molecule has 3 atom stereocenters. The van der Waals surface area contributed by atoms with Crippen molar-refractivity contribution in [2.75, 3.05) is 6.61 Å². The summed E-state index contributed by atoms with van der Waals surface area (Å²) in [6.45, 7) is 16.4. The number of carboxylic acids is 1. The van der Waals surface area contributed by atoms with E-state index in [2.05, 4.69) is 45.3 Å². The molecule has 0 amide bonds. The summed E-state index contributed by atoms with van der Waals surface area (Å²) in [5.74, 6) is -0.603. The molecule has 144 valence electrons. The summed E-state index contributed by atoms with van der Waals surface area (Å²) >= 11 is 0. The lowest BCUT2D eigenvalue weighted by molar-refractivity contribution is -0.142. The van der Waals surface area contributed by atoms with Crippen LogP contribution in [-0.2, 0) is 15.8 Å². The number of hydrogen-bond donors (Lipinski definition) is 1. The van der Waals surface area contributed by atoms with Crippen molar-refractivity contribution < 1.29 is 14.3 Å². The number of carbonyl (C=O) groups is 1. The number of rotatable bonds is 7. The first kappa shape index (κ1) is 20.9. The molecule has 3 unspecified atom stereocenters. The van der Waals surface area contributed by atoms with Gasteiger partial charge in [-0.05, 0) is 30.1 Å². The Labute approximate surface area is 159 Å². The van der Waals surface area contributed by atoms with E-state index in [0.29, 0.717) is 19.6 Å². The van der Waals surface area contributed by atoms with E-state index < -0.39 is 20.3 Å². The summed E-state index contributed by atoms with van der Waals surface area (Å²) < 4.78 is 6.41. The summed E-state index contributed by atoms with van der Waals surface area (Å²) in [5.41, 5.74) is 1.12. The molecule has 4 nitrogen and oxygen atoms in total. The third-order valence-corrected chi connectivity index (χ3v) is 10.5. The van der Waals surface area contributed by atoms with Gasteiger partial charge in [0.25, 0.3) is 0 Å². The molecule has 26 heavy (non-hydrogen) atoms. The largest absolute Gasteiger partial charge is 0.480 e. The molecular weight excluding hydrogens is 342 g/mol. The first-order valence-corrected chi connectivity index (χ1v) is 12.3. The zero-order valence-corrected chi connectivity index (χ0v) is 17.7. The molecule has 1 fully saturated rings. The van der Waals surface area contributed by atoms with Gasteiger partial charge in [0.1, 0.15) is 6.04 Å². The zero-order valence-electron chi connectivity index (χ0n) is 16.7. The van der Waals surface area contributed by atoms with Gasteiger partial charge < -0.3 is 9.53 Å². The predicted molar refractivity (Wildman–Crippen MR) is 109 cm³/mol. The van der Waals surface area contributed by atoms with Crippen molar-refractivity contribution in [3.05, 3.63) is 48.6 Å². The van der Waals surface area contributed by atoms with Gasteiger partial charge in [-0.1, -0.05) is 57.2 Å². The molecule has 5 heteroatoms. The lowest BCUT2D eigenvalue weighted by Crippen LogP contribution is -2.43. The van der Waals surface area contributed by atoms with Crippen LogP contribution in [0.4, 0.5) is 0 Å². The van der Waals surface area contributed by atoms with Crippen molar-refractivity contribution in [1.82, 2.24) is 4.90 Å². The van der Waals surface area contributed by atoms with E-state index in [9.17, 15) is 9.90 Å². The van der Waals surface area contributed by atoms with Crippen molar-refractivity contribution in [3.63, 3.8) is 0 Å². The van der Waals surface area contributed by atoms with Crippen molar-refractivity contribution in [1.29, 1.82) is 0 Å². The van der Waals surface area contributed by atoms with Crippen molar-refractivity contribution in [2.45, 2.75) is 64.0 Å². The Bertz CT molecular complexity index is 624. The summed E-state index contributed by atoms with van der Waals surface area (Å²) in [7, 11) is -1.86. The van der Waals surface area contributed by atoms with Crippen LogP contribution in [0.15, 0.2) is 43.0 Å². The number of likely N-dealkylation sites (tertiary alicyclic amines) is 1. The topological polar surface area (TPSA) is 49.8 Å². The Kier molecular flexibility index (Phi) is 6.48. The molecule has 1 aliphatic heterocycles. The van der Waals surface area contributed by atoms with Gasteiger partial charge in [-0.2, -0.15) is 0 Å². The van der Waals surface area contributed by atoms with E-state index in [0.717, 1.165) is 5.56 Å². The van der Waals surface area contributed by atoms with Crippen LogP contribution in [0.1, 0.15) is 32.8 Å². The smallest absolute Gasteiger partial charge is 0.320 e. The summed E-state index contributed by atoms with van der Waals surface area (Å²) in [6, 6.07) is 9.55. The summed E-state index contributed by atoms with van der Waals surface area (Å²) in [5, 5.41) is 9.89. The molecule has 0 bridgehead atoms. The van der Waals surface area contributed by atoms with Crippen molar-refractivity contribution in [3.8, 4) is 0 Å². The van der Waals surface area contributed by atoms with Crippen LogP contribution in [0.25, 0.3) is 0 Å². The van der Waals surface area contributed by atoms with Crippen LogP contribution in [0.2, 0.25) is 18.1 Å². The molecular formula is C21H33NO3Si. The normalized spacial score (nSPS) is 24.6. The van der Waals surface area contributed by atoms with E-state index in [1.165, 1.54) is 0 Å². The molecule has 1 aliphatic rings. The van der Waals surface area contributed by atoms with Crippen LogP contribution < -0.4 is 0 Å². The number of carboxylic acid groups (broad SMARTS) is 1. The second kappa shape index (κ2) is 8.07. The maximum Gasteiger partial charge on any atom is 0.320 e. The predicted octanol–water partition coefficient (Wildman–Crippen LogP) is 4.54. The highest BCUT2D eigenvalue weighted by atomic mass is 28.4. The van der Waals surface area contributed by atoms with E-state index in [4.69, 9.17) is 4.43 Å². The number of aliphatic carboxylic acids is 1. The quantitative estimate of drug-likeness (QED) is 0.561. The molecule has 1 N–H and O–H groups in total. The fourth-order valence-corrected chi connectivity index (χ4v) is 4.38. The standard InChI is InChI=1S/C21H33NO3Si/c1-7-18-17(15-25-26(5,6)21(2,3)4)13-19(20(23)24)22(18)14-16-11-9-8-10-12-16/h7-12,17-19H,1,13-15H2,2-6H3,(H,23,24). The minimum Gasteiger partial charge on any atom is -0.480 e. The Morgan fingerprint density at radius 2 is 1.96 bits per heavy atom. The molecule has 1 heterocycles. The van der Waals surface area contributed by atoms with Crippen LogP contribution in [0.3, 0.4) is 0 Å². The third kappa shape index (κ3) is 4.64. The monoisotopic (exact) mass is 375 g/mol. The number of hydrogen-bond acceptors (Lipinski definition) is 3. The van der Waals surface area contributed by atoms with E-state index in [-0.39, 0.29) is 17.0 Å². The lowest BCUT2D eigenvalue weighted by atomic mass is 10.00. The summed E-state index contributed by atoms with van der Waals surface area (Å²) in [6.07, 6.45) is 2.50. The Morgan fingerprint density at radius 1 is 1.35 bits per heavy atom. The molecule has 1 saturated heterocycles. The maximum absolute atomic E-state index is 11.9. The molecule has 0 spiro atoms. The summed E-state index contributed by atoms with van der Waals surface area (Å²) in [4.78, 5) is 13.9. The van der Waals surface area contributed by atoms with Crippen molar-refractivity contribution >= 4 is 14.3 Å². The van der Waals surface area contributed by atoms with Crippen molar-refractivity contribution in [2.24, 2.45) is 5.92 Å². The molecule has 1 aromatic carbocycles. The van der Waals surface area contributed by atoms with Gasteiger partial charge >= 0.3 is 5.97 Å². The second-order valence-corrected chi connectivity index (χ2v) is 13.6. The molecule has 0 aromatic heterocycles. The van der Waals surface area contributed by atoms with Gasteiger partial charge in [-0.15, -0.1) is 6.58 Å². The van der Waals surface area contributed by atoms with Gasteiger partial charge in [0.2, 0.25) is 0 Å². The molecule has 0 saturated carbocycles. The first-order valence-electron chi connectivity index (χ1n) is 9.36. The fraction of sp³-hybridized carbons (Fsp3) is 0.571. The zero-order chi connectivity index (χ0) is 19.5. The van der Waals surface area contributed by atoms with E-state index in [1.807, 2.05) is 36.4 Å². The fourth-order valence-electron chi connectivity index (χ4n) is 3.32. The molecule has 1 aromatic rings. The Morgan fingerprint density at radius 3 is 2.46 bits per heavy atom. The van der Waals surface area contributed by atoms with Crippen LogP contribution in [0.5, 0.6) is 0 Å². The van der Waals surface area contributed by atoms with E-state index in [1.54, 1.807) is 0 Å². The SMILES string of the molecule is C=CC1C(CO[Si](C)(C)C(C)(C)C)CC(C(=O)O)N1Cc1ccccc1. The average molecular weight is 376 g/mol.